The van der Waals surface area contributed by atoms with Crippen LogP contribution in [0.2, 0.25) is 0 Å². The zero-order valence-corrected chi connectivity index (χ0v) is 17.0. The minimum atomic E-state index is -0.586. The fourth-order valence-corrected chi connectivity index (χ4v) is 3.45. The molecule has 1 heterocycles. The van der Waals surface area contributed by atoms with Crippen LogP contribution in [0.3, 0.4) is 0 Å². The van der Waals surface area contributed by atoms with Gasteiger partial charge in [-0.15, -0.1) is 0 Å². The molecule has 0 saturated carbocycles. The molecule has 0 aliphatic carbocycles. The van der Waals surface area contributed by atoms with Gasteiger partial charge in [0.15, 0.2) is 5.78 Å². The van der Waals surface area contributed by atoms with Crippen molar-refractivity contribution >= 4 is 33.5 Å². The van der Waals surface area contributed by atoms with Crippen molar-refractivity contribution in [3.05, 3.63) is 63.9 Å². The first-order valence-electron chi connectivity index (χ1n) is 8.77. The first kappa shape index (κ1) is 19.6. The van der Waals surface area contributed by atoms with Crippen LogP contribution >= 0.6 is 15.9 Å². The minimum absolute atomic E-state index is 0.0307. The Kier molecular flexibility index (Phi) is 6.29. The second-order valence-electron chi connectivity index (χ2n) is 6.54. The summed E-state index contributed by atoms with van der Waals surface area (Å²) in [6, 6.07) is 10.3. The highest BCUT2D eigenvalue weighted by molar-refractivity contribution is 9.10. The highest BCUT2D eigenvalue weighted by Crippen LogP contribution is 2.27. The van der Waals surface area contributed by atoms with E-state index in [0.717, 1.165) is 41.9 Å². The Morgan fingerprint density at radius 1 is 1.15 bits per heavy atom. The van der Waals surface area contributed by atoms with Crippen molar-refractivity contribution in [1.29, 1.82) is 0 Å². The molecule has 0 radical (unpaired) electrons. The fourth-order valence-electron chi connectivity index (χ4n) is 3.07. The second kappa shape index (κ2) is 8.67. The third kappa shape index (κ3) is 4.76. The first-order valence-corrected chi connectivity index (χ1v) is 9.56. The lowest BCUT2D eigenvalue weighted by molar-refractivity contribution is 0.104. The van der Waals surface area contributed by atoms with E-state index in [4.69, 9.17) is 4.74 Å². The highest BCUT2D eigenvalue weighted by Gasteiger charge is 2.17. The van der Waals surface area contributed by atoms with Crippen LogP contribution < -0.4 is 9.64 Å². The summed E-state index contributed by atoms with van der Waals surface area (Å²) in [7, 11) is 3.57. The summed E-state index contributed by atoms with van der Waals surface area (Å²) in [5.74, 6) is -0.575. The number of halogens is 2. The summed E-state index contributed by atoms with van der Waals surface area (Å²) in [5.41, 5.74) is 2.03. The van der Waals surface area contributed by atoms with Crippen molar-refractivity contribution in [3.8, 4) is 5.75 Å². The number of hydrogen-bond donors (Lipinski definition) is 0. The summed E-state index contributed by atoms with van der Waals surface area (Å²) in [6.07, 6.45) is 3.18. The minimum Gasteiger partial charge on any atom is -0.497 e. The molecule has 0 spiro atoms. The van der Waals surface area contributed by atoms with Gasteiger partial charge in [-0.25, -0.2) is 4.39 Å². The maximum atomic E-state index is 14.1. The van der Waals surface area contributed by atoms with Gasteiger partial charge in [0.05, 0.1) is 12.7 Å². The lowest BCUT2D eigenvalue weighted by Gasteiger charge is -2.35. The monoisotopic (exact) mass is 432 g/mol. The molecule has 1 fully saturated rings. The number of likely N-dealkylation sites (N-methyl/N-ethyl adjacent to an activating group) is 1. The molecule has 0 N–H and O–H groups in total. The number of piperazine rings is 1. The standard InChI is InChI=1S/C21H22BrFN2O2/c1-24-9-11-25(12-10-24)20-7-4-16(22)13-15(20)3-8-21(26)18-6-5-17(27-2)14-19(18)23/h3-8,13-14H,9-12H2,1-2H3. The number of ketones is 1. The normalized spacial score (nSPS) is 15.3. The van der Waals surface area contributed by atoms with Gasteiger partial charge in [0, 0.05) is 42.4 Å². The van der Waals surface area contributed by atoms with E-state index in [1.54, 1.807) is 12.1 Å². The Bertz CT molecular complexity index is 861. The molecule has 142 valence electrons. The Morgan fingerprint density at radius 2 is 1.89 bits per heavy atom. The topological polar surface area (TPSA) is 32.8 Å². The zero-order chi connectivity index (χ0) is 19.4. The van der Waals surface area contributed by atoms with Crippen LogP contribution in [0.25, 0.3) is 6.08 Å². The Balaban J connectivity index is 1.84. The number of carbonyl (C=O) groups excluding carboxylic acids is 1. The van der Waals surface area contributed by atoms with E-state index in [9.17, 15) is 9.18 Å². The van der Waals surface area contributed by atoms with Crippen LogP contribution in [-0.2, 0) is 0 Å². The molecule has 2 aromatic carbocycles. The SMILES string of the molecule is COc1ccc(C(=O)C=Cc2cc(Br)ccc2N2CCN(C)CC2)c(F)c1. The third-order valence-corrected chi connectivity index (χ3v) is 5.18. The number of hydrogen-bond acceptors (Lipinski definition) is 4. The highest BCUT2D eigenvalue weighted by atomic mass is 79.9. The quantitative estimate of drug-likeness (QED) is 0.522. The van der Waals surface area contributed by atoms with Gasteiger partial charge in [0.25, 0.3) is 0 Å². The van der Waals surface area contributed by atoms with E-state index < -0.39 is 5.82 Å². The van der Waals surface area contributed by atoms with Crippen LogP contribution in [0.4, 0.5) is 10.1 Å². The fraction of sp³-hybridized carbons (Fsp3) is 0.286. The molecule has 1 saturated heterocycles. The van der Waals surface area contributed by atoms with Crippen LogP contribution in [0, 0.1) is 5.82 Å². The molecule has 3 rings (SSSR count). The van der Waals surface area contributed by atoms with E-state index in [0.29, 0.717) is 5.75 Å². The molecular weight excluding hydrogens is 411 g/mol. The average molecular weight is 433 g/mol. The molecule has 27 heavy (non-hydrogen) atoms. The van der Waals surface area contributed by atoms with Crippen LogP contribution in [-0.4, -0.2) is 51.0 Å². The number of nitrogens with zero attached hydrogens (tertiary/aromatic N) is 2. The molecule has 1 aliphatic rings. The van der Waals surface area contributed by atoms with Crippen molar-refractivity contribution in [3.63, 3.8) is 0 Å². The number of methoxy groups -OCH3 is 1. The number of anilines is 1. The smallest absolute Gasteiger partial charge is 0.188 e. The Morgan fingerprint density at radius 3 is 2.56 bits per heavy atom. The predicted octanol–water partition coefficient (Wildman–Crippen LogP) is 4.24. The Labute approximate surface area is 167 Å². The number of allylic oxidation sites excluding steroid dienone is 1. The molecule has 0 atom stereocenters. The third-order valence-electron chi connectivity index (χ3n) is 4.69. The van der Waals surface area contributed by atoms with Gasteiger partial charge < -0.3 is 14.5 Å². The molecule has 2 aromatic rings. The first-order chi connectivity index (χ1) is 13.0. The number of benzene rings is 2. The van der Waals surface area contributed by atoms with E-state index in [1.165, 1.54) is 25.3 Å². The summed E-state index contributed by atoms with van der Waals surface area (Å²) in [6.45, 7) is 3.85. The maximum Gasteiger partial charge on any atom is 0.188 e. The lowest BCUT2D eigenvalue weighted by Crippen LogP contribution is -2.44. The molecule has 4 nitrogen and oxygen atoms in total. The molecule has 0 aromatic heterocycles. The molecule has 0 bridgehead atoms. The second-order valence-corrected chi connectivity index (χ2v) is 7.45. The van der Waals surface area contributed by atoms with Crippen molar-refractivity contribution in [2.75, 3.05) is 45.2 Å². The molecule has 6 heteroatoms. The molecule has 1 aliphatic heterocycles. The van der Waals surface area contributed by atoms with E-state index in [1.807, 2.05) is 18.2 Å². The van der Waals surface area contributed by atoms with Gasteiger partial charge in [-0.3, -0.25) is 4.79 Å². The lowest BCUT2D eigenvalue weighted by atomic mass is 10.1. The van der Waals surface area contributed by atoms with Gasteiger partial charge in [-0.05, 0) is 55.1 Å². The van der Waals surface area contributed by atoms with Gasteiger partial charge in [0.1, 0.15) is 11.6 Å². The van der Waals surface area contributed by atoms with Crippen molar-refractivity contribution < 1.29 is 13.9 Å². The summed E-state index contributed by atoms with van der Waals surface area (Å²) >= 11 is 3.49. The summed E-state index contributed by atoms with van der Waals surface area (Å²) < 4.78 is 20.0. The van der Waals surface area contributed by atoms with Crippen molar-refractivity contribution in [1.82, 2.24) is 4.90 Å². The average Bonchev–Trinajstić information content (AvgIpc) is 2.67. The van der Waals surface area contributed by atoms with Gasteiger partial charge in [-0.1, -0.05) is 15.9 Å². The Hall–Kier alpha value is -2.18. The largest absolute Gasteiger partial charge is 0.497 e. The van der Waals surface area contributed by atoms with Crippen molar-refractivity contribution in [2.45, 2.75) is 0 Å². The predicted molar refractivity (Wildman–Crippen MR) is 110 cm³/mol. The van der Waals surface area contributed by atoms with E-state index >= 15 is 0 Å². The molecular formula is C21H22BrFN2O2. The van der Waals surface area contributed by atoms with Crippen LogP contribution in [0.1, 0.15) is 15.9 Å². The summed E-state index contributed by atoms with van der Waals surface area (Å²) in [4.78, 5) is 17.1. The summed E-state index contributed by atoms with van der Waals surface area (Å²) in [5, 5.41) is 0. The van der Waals surface area contributed by atoms with E-state index in [-0.39, 0.29) is 11.3 Å². The van der Waals surface area contributed by atoms with Crippen LogP contribution in [0.5, 0.6) is 5.75 Å². The maximum absolute atomic E-state index is 14.1. The van der Waals surface area contributed by atoms with Gasteiger partial charge >= 0.3 is 0 Å². The van der Waals surface area contributed by atoms with Crippen molar-refractivity contribution in [2.24, 2.45) is 0 Å². The number of ether oxygens (including phenoxy) is 1. The zero-order valence-electron chi connectivity index (χ0n) is 15.4. The van der Waals surface area contributed by atoms with Crippen LogP contribution in [0.15, 0.2) is 46.9 Å². The number of carbonyl (C=O) groups is 1. The van der Waals surface area contributed by atoms with Gasteiger partial charge in [-0.2, -0.15) is 0 Å². The van der Waals surface area contributed by atoms with Gasteiger partial charge in [0.2, 0.25) is 0 Å². The molecule has 0 unspecified atom stereocenters. The van der Waals surface area contributed by atoms with E-state index in [2.05, 4.69) is 32.8 Å². The molecule has 0 amide bonds. The number of rotatable bonds is 5.